The van der Waals surface area contributed by atoms with Gasteiger partial charge in [0.15, 0.2) is 0 Å². The van der Waals surface area contributed by atoms with Crippen LogP contribution in [0.2, 0.25) is 0 Å². The Morgan fingerprint density at radius 1 is 1.20 bits per heavy atom. The molecule has 2 aliphatic rings. The van der Waals surface area contributed by atoms with E-state index in [1.54, 1.807) is 0 Å². The van der Waals surface area contributed by atoms with Crippen LogP contribution in [0.15, 0.2) is 22.8 Å². The summed E-state index contributed by atoms with van der Waals surface area (Å²) < 4.78 is 3.28. The molecule has 82 valence electrons. The fourth-order valence-electron chi connectivity index (χ4n) is 1.41. The van der Waals surface area contributed by atoms with Gasteiger partial charge in [0, 0.05) is 0 Å². The normalized spacial score (nSPS) is 8.20. The molecule has 0 spiro atoms. The third-order valence-electron chi connectivity index (χ3n) is 2.00. The van der Waals surface area contributed by atoms with Crippen LogP contribution in [0.4, 0.5) is 0 Å². The van der Waals surface area contributed by atoms with Crippen LogP contribution < -0.4 is 37.2 Å². The van der Waals surface area contributed by atoms with Gasteiger partial charge >= 0.3 is 26.2 Å². The molecule has 0 radical (unpaired) electrons. The van der Waals surface area contributed by atoms with Gasteiger partial charge in [0.25, 0.3) is 0 Å². The number of hydrogen-bond donors (Lipinski definition) is 0. The first kappa shape index (κ1) is 21.4. The van der Waals surface area contributed by atoms with E-state index in [4.69, 9.17) is 0 Å². The number of halogens is 4. The number of rotatable bonds is 0. The van der Waals surface area contributed by atoms with Crippen molar-refractivity contribution in [1.29, 1.82) is 0 Å². The molecule has 1 heterocycles. The molecule has 1 aliphatic carbocycles. The summed E-state index contributed by atoms with van der Waals surface area (Å²) in [5, 5.41) is 0. The van der Waals surface area contributed by atoms with E-state index in [2.05, 4.69) is 52.7 Å². The summed E-state index contributed by atoms with van der Waals surface area (Å²) >= 11 is 3.48. The minimum absolute atomic E-state index is 0. The third-order valence-corrected chi connectivity index (χ3v) is 2.76. The summed E-state index contributed by atoms with van der Waals surface area (Å²) in [6.45, 7) is 2.12. The molecule has 2 rings (SSSR count). The van der Waals surface area contributed by atoms with Gasteiger partial charge in [0.05, 0.1) is 0 Å². The van der Waals surface area contributed by atoms with Gasteiger partial charge in [-0.05, 0) is 18.6 Å². The van der Waals surface area contributed by atoms with E-state index in [0.717, 1.165) is 4.60 Å². The Labute approximate surface area is 136 Å². The summed E-state index contributed by atoms with van der Waals surface area (Å²) in [6, 6.07) is 6.53. The summed E-state index contributed by atoms with van der Waals surface area (Å²) in [7, 11) is 2.06. The fourth-order valence-corrected chi connectivity index (χ4v) is 1.84. The summed E-state index contributed by atoms with van der Waals surface area (Å²) in [6.07, 6.45) is 0. The zero-order valence-electron chi connectivity index (χ0n) is 8.19. The maximum absolute atomic E-state index is 3.48. The van der Waals surface area contributed by atoms with E-state index in [-0.39, 0.29) is 63.4 Å². The molecule has 15 heavy (non-hydrogen) atoms. The Kier molecular flexibility index (Phi) is 11.8. The number of nitrogens with zero attached hydrogens (tertiary/aromatic N) is 1. The largest absolute Gasteiger partial charge is 4.00 e. The topological polar surface area (TPSA) is 4.93 Å². The van der Waals surface area contributed by atoms with E-state index < -0.39 is 0 Å². The van der Waals surface area contributed by atoms with Crippen LogP contribution in [0.5, 0.6) is 0 Å². The number of fused-ring (bicyclic) bond motifs is 1. The maximum Gasteiger partial charge on any atom is 4.00 e. The Hall–Kier alpha value is 1.12. The second-order valence-electron chi connectivity index (χ2n) is 2.90. The van der Waals surface area contributed by atoms with Crippen LogP contribution >= 0.6 is 15.9 Å². The molecule has 1 aliphatic heterocycles. The summed E-state index contributed by atoms with van der Waals surface area (Å²) in [5.41, 5.74) is 3.95. The first-order valence-corrected chi connectivity index (χ1v) is 4.36. The second kappa shape index (κ2) is 8.25. The van der Waals surface area contributed by atoms with Crippen LogP contribution in [-0.2, 0) is 33.3 Å². The molecule has 0 saturated carbocycles. The third kappa shape index (κ3) is 4.13. The van der Waals surface area contributed by atoms with Crippen molar-refractivity contribution in [2.75, 3.05) is 0 Å². The standard InChI is InChI=1S/C9H9BrN.3ClH.Zr/c1-6-3-7-5-9(10)11(2)8(7)4-6;;;;/h3-5H,1-2H3;3*1H;/q-1;;;;+4/p-3. The maximum atomic E-state index is 3.48. The zero-order valence-corrected chi connectivity index (χ0v) is 14.5. The molecule has 0 aromatic heterocycles. The summed E-state index contributed by atoms with van der Waals surface area (Å²) in [5.74, 6) is 0. The van der Waals surface area contributed by atoms with Gasteiger partial charge in [-0.2, -0.15) is 5.56 Å². The minimum Gasteiger partial charge on any atom is -1.00 e. The van der Waals surface area contributed by atoms with Gasteiger partial charge in [-0.25, -0.2) is 0 Å². The van der Waals surface area contributed by atoms with Crippen molar-refractivity contribution in [2.24, 2.45) is 7.05 Å². The van der Waals surface area contributed by atoms with Gasteiger partial charge in [0.2, 0.25) is 0 Å². The van der Waals surface area contributed by atoms with Crippen molar-refractivity contribution >= 4 is 15.9 Å². The van der Waals surface area contributed by atoms with E-state index in [9.17, 15) is 0 Å². The average molecular weight is 409 g/mol. The van der Waals surface area contributed by atoms with Crippen molar-refractivity contribution in [3.05, 3.63) is 28.4 Å². The molecule has 0 saturated heterocycles. The Balaban J connectivity index is -0.000000360. The van der Waals surface area contributed by atoms with Crippen molar-refractivity contribution in [3.8, 4) is 11.3 Å². The van der Waals surface area contributed by atoms with Crippen LogP contribution in [0, 0.1) is 6.92 Å². The van der Waals surface area contributed by atoms with Crippen molar-refractivity contribution in [1.82, 2.24) is 4.57 Å². The molecule has 1 nitrogen and oxygen atoms in total. The SMILES string of the molecule is Cc1cc2c[c-](Br)n(C)c-2c1.[Cl-].[Cl-].[Cl-].[Zr+4]. The smallest absolute Gasteiger partial charge is 1.00 e. The minimum atomic E-state index is 0. The Morgan fingerprint density at radius 3 is 2.20 bits per heavy atom. The van der Waals surface area contributed by atoms with E-state index in [0.29, 0.717) is 0 Å². The van der Waals surface area contributed by atoms with Crippen molar-refractivity contribution in [2.45, 2.75) is 6.92 Å². The van der Waals surface area contributed by atoms with Gasteiger partial charge < -0.3 is 41.8 Å². The van der Waals surface area contributed by atoms with Gasteiger partial charge in [-0.15, -0.1) is 39.8 Å². The number of aryl methyl sites for hydroxylation is 1. The number of aromatic nitrogens is 1. The molecular formula is C9H9BrCl3NZr. The second-order valence-corrected chi connectivity index (χ2v) is 3.71. The van der Waals surface area contributed by atoms with Gasteiger partial charge in [-0.1, -0.05) is 5.56 Å². The monoisotopic (exact) mass is 405 g/mol. The molecule has 0 fully saturated rings. The first-order valence-electron chi connectivity index (χ1n) is 3.57. The molecule has 0 aromatic rings. The molecule has 0 atom stereocenters. The molecule has 6 heteroatoms. The van der Waals surface area contributed by atoms with Crippen LogP contribution in [0.25, 0.3) is 11.3 Å². The van der Waals surface area contributed by atoms with E-state index in [1.165, 1.54) is 16.8 Å². The molecule has 0 unspecified atom stereocenters. The van der Waals surface area contributed by atoms with Crippen LogP contribution in [-0.4, -0.2) is 4.57 Å². The average Bonchev–Trinajstić information content (AvgIpc) is 2.37. The zero-order chi connectivity index (χ0) is 8.01. The fraction of sp³-hybridized carbons (Fsp3) is 0.222. The van der Waals surface area contributed by atoms with Gasteiger partial charge in [0.1, 0.15) is 0 Å². The predicted octanol–water partition coefficient (Wildman–Crippen LogP) is -6.07. The molecule has 0 bridgehead atoms. The van der Waals surface area contributed by atoms with Crippen molar-refractivity contribution < 1.29 is 63.4 Å². The Bertz CT molecular complexity index is 372. The quantitative estimate of drug-likeness (QED) is 0.383. The Morgan fingerprint density at radius 2 is 1.73 bits per heavy atom. The van der Waals surface area contributed by atoms with E-state index in [1.807, 2.05) is 0 Å². The van der Waals surface area contributed by atoms with Gasteiger partial charge in [-0.3, -0.25) is 0 Å². The predicted molar refractivity (Wildman–Crippen MR) is 50.1 cm³/mol. The summed E-state index contributed by atoms with van der Waals surface area (Å²) in [4.78, 5) is 0. The molecule has 0 aromatic carbocycles. The first-order chi connectivity index (χ1) is 5.18. The van der Waals surface area contributed by atoms with Crippen LogP contribution in [0.3, 0.4) is 0 Å². The van der Waals surface area contributed by atoms with Crippen molar-refractivity contribution in [3.63, 3.8) is 0 Å². The number of hydrogen-bond acceptors (Lipinski definition) is 0. The van der Waals surface area contributed by atoms with E-state index >= 15 is 0 Å². The van der Waals surface area contributed by atoms with Crippen LogP contribution in [0.1, 0.15) is 5.56 Å². The molecule has 0 N–H and O–H groups in total. The molecular weight excluding hydrogens is 400 g/mol. The molecule has 0 amide bonds.